The van der Waals surface area contributed by atoms with Crippen LogP contribution in [0.25, 0.3) is 0 Å². The van der Waals surface area contributed by atoms with Crippen molar-refractivity contribution in [2.45, 2.75) is 56.8 Å². The number of aliphatic carboxylic acids is 2. The zero-order valence-electron chi connectivity index (χ0n) is 17.9. The minimum absolute atomic E-state index is 0.0742. The number of likely N-dealkylation sites (N-methyl/N-ethyl adjacent to an activating group) is 2. The molecule has 1 aliphatic carbocycles. The molecule has 1 aromatic rings. The molecule has 1 amide bonds. The number of carbonyl (C=O) groups excluding carboxylic acids is 1. The number of halogens is 3. The summed E-state index contributed by atoms with van der Waals surface area (Å²) >= 11 is 0. The Kier molecular flexibility index (Phi) is 9.96. The van der Waals surface area contributed by atoms with E-state index in [2.05, 4.69) is 4.90 Å². The van der Waals surface area contributed by atoms with Crippen LogP contribution in [0.4, 0.5) is 13.2 Å². The van der Waals surface area contributed by atoms with Crippen LogP contribution >= 0.6 is 0 Å². The molecule has 31 heavy (non-hydrogen) atoms. The first-order valence-electron chi connectivity index (χ1n) is 9.93. The molecule has 2 N–H and O–H groups in total. The van der Waals surface area contributed by atoms with Crippen molar-refractivity contribution < 1.29 is 37.8 Å². The lowest BCUT2D eigenvalue weighted by Gasteiger charge is -2.39. The van der Waals surface area contributed by atoms with Gasteiger partial charge in [-0.1, -0.05) is 25.7 Å². The van der Waals surface area contributed by atoms with Gasteiger partial charge < -0.3 is 20.0 Å². The van der Waals surface area contributed by atoms with Gasteiger partial charge in [0.15, 0.2) is 0 Å². The van der Waals surface area contributed by atoms with Gasteiger partial charge in [0.25, 0.3) is 5.91 Å². The predicted molar refractivity (Wildman–Crippen MR) is 108 cm³/mol. The van der Waals surface area contributed by atoms with Gasteiger partial charge in [-0.25, -0.2) is 9.59 Å². The van der Waals surface area contributed by atoms with E-state index < -0.39 is 23.7 Å². The predicted octanol–water partition coefficient (Wildman–Crippen LogP) is 3.59. The van der Waals surface area contributed by atoms with Crippen molar-refractivity contribution in [1.29, 1.82) is 0 Å². The van der Waals surface area contributed by atoms with E-state index in [1.165, 1.54) is 25.0 Å². The van der Waals surface area contributed by atoms with E-state index in [0.717, 1.165) is 37.8 Å². The molecule has 0 aromatic heterocycles. The number of benzene rings is 1. The zero-order chi connectivity index (χ0) is 23.8. The van der Waals surface area contributed by atoms with Gasteiger partial charge in [-0.15, -0.1) is 0 Å². The Morgan fingerprint density at radius 3 is 1.68 bits per heavy atom. The third-order valence-electron chi connectivity index (χ3n) is 5.32. The maximum Gasteiger partial charge on any atom is 0.416 e. The molecule has 10 heteroatoms. The van der Waals surface area contributed by atoms with Crippen LogP contribution in [0.1, 0.15) is 54.4 Å². The summed E-state index contributed by atoms with van der Waals surface area (Å²) in [7, 11) is 5.81. The lowest BCUT2D eigenvalue weighted by atomic mass is 9.90. The Labute approximate surface area is 179 Å². The summed E-state index contributed by atoms with van der Waals surface area (Å²) in [5, 5.41) is 14.8. The van der Waals surface area contributed by atoms with Crippen LogP contribution in [-0.2, 0) is 15.8 Å². The third-order valence-corrected chi connectivity index (χ3v) is 5.32. The van der Waals surface area contributed by atoms with Crippen molar-refractivity contribution in [2.24, 2.45) is 0 Å². The molecule has 1 aromatic carbocycles. The number of carbonyl (C=O) groups is 3. The summed E-state index contributed by atoms with van der Waals surface area (Å²) < 4.78 is 38.1. The summed E-state index contributed by atoms with van der Waals surface area (Å²) in [6.45, 7) is 0. The SMILES string of the molecule is CN(C)C1CCCCCCC1N(C)C(=O)c1ccc(C(F)(F)F)cc1.O=C(O)C(=O)O. The topological polar surface area (TPSA) is 98.2 Å². The maximum absolute atomic E-state index is 12.8. The highest BCUT2D eigenvalue weighted by molar-refractivity contribution is 6.27. The number of nitrogens with zero attached hydrogens (tertiary/aromatic N) is 2. The number of alkyl halides is 3. The summed E-state index contributed by atoms with van der Waals surface area (Å²) in [4.78, 5) is 34.9. The molecule has 0 radical (unpaired) electrons. The van der Waals surface area contributed by atoms with Crippen molar-refractivity contribution in [3.63, 3.8) is 0 Å². The van der Waals surface area contributed by atoms with Gasteiger partial charge in [0.2, 0.25) is 0 Å². The highest BCUT2D eigenvalue weighted by atomic mass is 19.4. The molecule has 174 valence electrons. The van der Waals surface area contributed by atoms with E-state index >= 15 is 0 Å². The Bertz CT molecular complexity index is 738. The summed E-state index contributed by atoms with van der Waals surface area (Å²) in [6, 6.07) is 4.84. The lowest BCUT2D eigenvalue weighted by molar-refractivity contribution is -0.159. The summed E-state index contributed by atoms with van der Waals surface area (Å²) in [5.41, 5.74) is -0.432. The molecule has 0 bridgehead atoms. The zero-order valence-corrected chi connectivity index (χ0v) is 17.9. The van der Waals surface area contributed by atoms with E-state index in [9.17, 15) is 18.0 Å². The normalized spacial score (nSPS) is 19.5. The number of hydrogen-bond acceptors (Lipinski definition) is 4. The van der Waals surface area contributed by atoms with Gasteiger partial charge in [0, 0.05) is 24.7 Å². The lowest BCUT2D eigenvalue weighted by Crippen LogP contribution is -2.50. The molecule has 7 nitrogen and oxygen atoms in total. The molecule has 2 atom stereocenters. The van der Waals surface area contributed by atoms with Crippen LogP contribution in [0.2, 0.25) is 0 Å². The number of carboxylic acid groups (broad SMARTS) is 2. The molecule has 1 fully saturated rings. The van der Waals surface area contributed by atoms with Crippen LogP contribution < -0.4 is 0 Å². The fraction of sp³-hybridized carbons (Fsp3) is 0.571. The molecule has 2 unspecified atom stereocenters. The maximum atomic E-state index is 12.8. The van der Waals surface area contributed by atoms with E-state index in [1.807, 2.05) is 14.1 Å². The second kappa shape index (κ2) is 11.7. The molecule has 0 spiro atoms. The number of rotatable bonds is 3. The summed E-state index contributed by atoms with van der Waals surface area (Å²) in [5.74, 6) is -3.86. The Hall–Kier alpha value is -2.62. The fourth-order valence-electron chi connectivity index (χ4n) is 3.66. The van der Waals surface area contributed by atoms with E-state index in [1.54, 1.807) is 11.9 Å². The van der Waals surface area contributed by atoms with Gasteiger partial charge in [0.1, 0.15) is 0 Å². The van der Waals surface area contributed by atoms with Crippen LogP contribution in [0.15, 0.2) is 24.3 Å². The molecular formula is C21H29F3N2O5. The minimum atomic E-state index is -4.39. The average molecular weight is 446 g/mol. The highest BCUT2D eigenvalue weighted by Gasteiger charge is 2.32. The molecule has 1 aliphatic rings. The van der Waals surface area contributed by atoms with Crippen molar-refractivity contribution >= 4 is 17.8 Å². The van der Waals surface area contributed by atoms with Crippen LogP contribution in [0.5, 0.6) is 0 Å². The van der Waals surface area contributed by atoms with Crippen molar-refractivity contribution in [1.82, 2.24) is 9.80 Å². The number of carboxylic acids is 2. The van der Waals surface area contributed by atoms with Gasteiger partial charge in [-0.05, 0) is 51.2 Å². The average Bonchev–Trinajstić information content (AvgIpc) is 2.66. The molecule has 0 heterocycles. The highest BCUT2D eigenvalue weighted by Crippen LogP contribution is 2.30. The second-order valence-electron chi connectivity index (χ2n) is 7.69. The molecule has 0 aliphatic heterocycles. The molecule has 1 saturated carbocycles. The first-order valence-corrected chi connectivity index (χ1v) is 9.93. The van der Waals surface area contributed by atoms with E-state index in [0.29, 0.717) is 5.56 Å². The van der Waals surface area contributed by atoms with E-state index in [4.69, 9.17) is 19.8 Å². The molecule has 0 saturated heterocycles. The van der Waals surface area contributed by atoms with Crippen molar-refractivity contribution in [3.8, 4) is 0 Å². The monoisotopic (exact) mass is 446 g/mol. The third kappa shape index (κ3) is 8.20. The van der Waals surface area contributed by atoms with Crippen LogP contribution in [0, 0.1) is 0 Å². The summed E-state index contributed by atoms with van der Waals surface area (Å²) in [6.07, 6.45) is 2.16. The quantitative estimate of drug-likeness (QED) is 0.689. The van der Waals surface area contributed by atoms with Gasteiger partial charge in [-0.2, -0.15) is 13.2 Å². The molecular weight excluding hydrogens is 417 g/mol. The minimum Gasteiger partial charge on any atom is -0.473 e. The largest absolute Gasteiger partial charge is 0.473 e. The van der Waals surface area contributed by atoms with Crippen molar-refractivity contribution in [2.75, 3.05) is 21.1 Å². The van der Waals surface area contributed by atoms with Gasteiger partial charge in [-0.3, -0.25) is 4.79 Å². The van der Waals surface area contributed by atoms with E-state index in [-0.39, 0.29) is 18.0 Å². The smallest absolute Gasteiger partial charge is 0.416 e. The standard InChI is InChI=1S/C19H27F3N2O.C2H2O4/c1-23(2)16-8-6-4-5-7-9-17(16)24(3)18(25)14-10-12-15(13-11-14)19(20,21)22;3-1(4)2(5)6/h10-13,16-17H,4-9H2,1-3H3;(H,3,4)(H,5,6). The first-order chi connectivity index (χ1) is 14.4. The fourth-order valence-corrected chi connectivity index (χ4v) is 3.66. The Morgan fingerprint density at radius 2 is 1.29 bits per heavy atom. The van der Waals surface area contributed by atoms with Crippen LogP contribution in [-0.4, -0.2) is 71.1 Å². The van der Waals surface area contributed by atoms with Crippen molar-refractivity contribution in [3.05, 3.63) is 35.4 Å². The van der Waals surface area contributed by atoms with Gasteiger partial charge >= 0.3 is 18.1 Å². The second-order valence-corrected chi connectivity index (χ2v) is 7.69. The first kappa shape index (κ1) is 26.4. The van der Waals surface area contributed by atoms with Gasteiger partial charge in [0.05, 0.1) is 5.56 Å². The number of hydrogen-bond donors (Lipinski definition) is 2. The Morgan fingerprint density at radius 1 is 0.839 bits per heavy atom. The molecule has 2 rings (SSSR count). The Balaban J connectivity index is 0.000000703. The van der Waals surface area contributed by atoms with Crippen LogP contribution in [0.3, 0.4) is 0 Å². The number of amides is 1.